The van der Waals surface area contributed by atoms with Gasteiger partial charge in [0.2, 0.25) is 0 Å². The monoisotopic (exact) mass is 219 g/mol. The topological polar surface area (TPSA) is 66.4 Å². The molecule has 0 aliphatic heterocycles. The molecule has 0 unspecified atom stereocenters. The van der Waals surface area contributed by atoms with Crippen molar-refractivity contribution < 1.29 is 14.7 Å². The second-order valence-electron chi connectivity index (χ2n) is 3.41. The molecule has 4 heteroatoms. The zero-order chi connectivity index (χ0) is 12.1. The van der Waals surface area contributed by atoms with Crippen molar-refractivity contribution in [1.82, 2.24) is 5.32 Å². The fourth-order valence-corrected chi connectivity index (χ4v) is 1.25. The van der Waals surface area contributed by atoms with Gasteiger partial charge in [0, 0.05) is 5.70 Å². The van der Waals surface area contributed by atoms with Crippen molar-refractivity contribution in [2.24, 2.45) is 0 Å². The Kier molecular flexibility index (Phi) is 3.83. The summed E-state index contributed by atoms with van der Waals surface area (Å²) in [6.45, 7) is 3.01. The van der Waals surface area contributed by atoms with Crippen molar-refractivity contribution in [3.63, 3.8) is 0 Å². The minimum Gasteiger partial charge on any atom is -0.507 e. The van der Waals surface area contributed by atoms with Crippen LogP contribution in [0.1, 0.15) is 24.2 Å². The lowest BCUT2D eigenvalue weighted by atomic mass is 10.2. The summed E-state index contributed by atoms with van der Waals surface area (Å²) in [5.41, 5.74) is 0.625. The van der Waals surface area contributed by atoms with E-state index in [1.54, 1.807) is 19.1 Å². The number of amides is 1. The summed E-state index contributed by atoms with van der Waals surface area (Å²) in [4.78, 5) is 22.4. The van der Waals surface area contributed by atoms with E-state index >= 15 is 0 Å². The SMILES string of the molecule is CC(=O)/C=C(/C)NC(=O)c1ccccc1O. The standard InChI is InChI=1S/C12H13NO3/c1-8(7-9(2)14)13-12(16)10-5-3-4-6-11(10)15/h3-7,15H,1-2H3,(H,13,16)/b8-7-. The highest BCUT2D eigenvalue weighted by molar-refractivity contribution is 5.98. The first kappa shape index (κ1) is 12.0. The molecular weight excluding hydrogens is 206 g/mol. The van der Waals surface area contributed by atoms with Crippen molar-refractivity contribution >= 4 is 11.7 Å². The number of benzene rings is 1. The highest BCUT2D eigenvalue weighted by Gasteiger charge is 2.09. The lowest BCUT2D eigenvalue weighted by Gasteiger charge is -2.06. The van der Waals surface area contributed by atoms with Gasteiger partial charge in [0.05, 0.1) is 5.56 Å². The van der Waals surface area contributed by atoms with E-state index in [0.717, 1.165) is 0 Å². The van der Waals surface area contributed by atoms with Gasteiger partial charge in [-0.1, -0.05) is 12.1 Å². The Morgan fingerprint density at radius 1 is 1.25 bits per heavy atom. The largest absolute Gasteiger partial charge is 0.507 e. The summed E-state index contributed by atoms with van der Waals surface area (Å²) in [7, 11) is 0. The molecule has 0 bridgehead atoms. The van der Waals surface area contributed by atoms with Gasteiger partial charge in [-0.05, 0) is 32.1 Å². The third-order valence-corrected chi connectivity index (χ3v) is 1.88. The highest BCUT2D eigenvalue weighted by atomic mass is 16.3. The molecule has 0 aliphatic carbocycles. The van der Waals surface area contributed by atoms with Gasteiger partial charge in [-0.2, -0.15) is 0 Å². The van der Waals surface area contributed by atoms with Gasteiger partial charge in [-0.15, -0.1) is 0 Å². The summed E-state index contributed by atoms with van der Waals surface area (Å²) < 4.78 is 0. The number of allylic oxidation sites excluding steroid dienone is 2. The third-order valence-electron chi connectivity index (χ3n) is 1.88. The zero-order valence-electron chi connectivity index (χ0n) is 9.15. The second-order valence-corrected chi connectivity index (χ2v) is 3.41. The first-order valence-corrected chi connectivity index (χ1v) is 4.79. The molecule has 1 amide bonds. The number of ketones is 1. The summed E-state index contributed by atoms with van der Waals surface area (Å²) in [6.07, 6.45) is 1.32. The quantitative estimate of drug-likeness (QED) is 0.759. The van der Waals surface area contributed by atoms with E-state index in [2.05, 4.69) is 5.32 Å². The number of hydrogen-bond donors (Lipinski definition) is 2. The van der Waals surface area contributed by atoms with Crippen molar-refractivity contribution in [2.45, 2.75) is 13.8 Å². The van der Waals surface area contributed by atoms with E-state index in [1.807, 2.05) is 0 Å². The van der Waals surface area contributed by atoms with E-state index in [9.17, 15) is 14.7 Å². The maximum atomic E-state index is 11.6. The Balaban J connectivity index is 2.81. The minimum absolute atomic E-state index is 0.0874. The predicted molar refractivity (Wildman–Crippen MR) is 60.0 cm³/mol. The summed E-state index contributed by atoms with van der Waals surface area (Å²) in [6, 6.07) is 6.22. The van der Waals surface area contributed by atoms with Crippen LogP contribution in [0, 0.1) is 0 Å². The van der Waals surface area contributed by atoms with Crippen LogP contribution in [0.25, 0.3) is 0 Å². The van der Waals surface area contributed by atoms with Crippen molar-refractivity contribution in [3.05, 3.63) is 41.6 Å². The first-order valence-electron chi connectivity index (χ1n) is 4.79. The molecule has 0 aliphatic rings. The lowest BCUT2D eigenvalue weighted by molar-refractivity contribution is -0.112. The minimum atomic E-state index is -0.437. The molecule has 0 saturated heterocycles. The van der Waals surface area contributed by atoms with E-state index < -0.39 is 5.91 Å². The third kappa shape index (κ3) is 3.24. The lowest BCUT2D eigenvalue weighted by Crippen LogP contribution is -2.21. The zero-order valence-corrected chi connectivity index (χ0v) is 9.15. The van der Waals surface area contributed by atoms with Gasteiger partial charge >= 0.3 is 0 Å². The predicted octanol–water partition coefficient (Wildman–Crippen LogP) is 1.61. The summed E-state index contributed by atoms with van der Waals surface area (Å²) in [5, 5.41) is 11.9. The fraction of sp³-hybridized carbons (Fsp3) is 0.167. The van der Waals surface area contributed by atoms with Crippen molar-refractivity contribution in [3.8, 4) is 5.75 Å². The molecule has 0 aromatic heterocycles. The Labute approximate surface area is 93.6 Å². The van der Waals surface area contributed by atoms with Crippen LogP contribution in [0.15, 0.2) is 36.0 Å². The average Bonchev–Trinajstić information content (AvgIpc) is 2.16. The van der Waals surface area contributed by atoms with Crippen LogP contribution in [0.4, 0.5) is 0 Å². The normalized spacial score (nSPS) is 11.0. The molecule has 0 fully saturated rings. The summed E-state index contributed by atoms with van der Waals surface area (Å²) >= 11 is 0. The Bertz CT molecular complexity index is 449. The molecule has 2 N–H and O–H groups in total. The van der Waals surface area contributed by atoms with E-state index in [0.29, 0.717) is 5.70 Å². The van der Waals surface area contributed by atoms with Crippen LogP contribution in [0.5, 0.6) is 5.75 Å². The molecule has 1 aromatic rings. The first-order chi connectivity index (χ1) is 7.50. The number of rotatable bonds is 3. The Morgan fingerprint density at radius 2 is 1.88 bits per heavy atom. The average molecular weight is 219 g/mol. The van der Waals surface area contributed by atoms with Gasteiger partial charge in [0.1, 0.15) is 5.75 Å². The Morgan fingerprint density at radius 3 is 2.44 bits per heavy atom. The van der Waals surface area contributed by atoms with Crippen LogP contribution in [0.3, 0.4) is 0 Å². The second kappa shape index (κ2) is 5.11. The number of phenolic OH excluding ortho intramolecular Hbond substituents is 1. The van der Waals surface area contributed by atoms with Gasteiger partial charge in [-0.25, -0.2) is 0 Å². The molecule has 0 atom stereocenters. The van der Waals surface area contributed by atoms with E-state index in [4.69, 9.17) is 0 Å². The Hall–Kier alpha value is -2.10. The molecule has 4 nitrogen and oxygen atoms in total. The van der Waals surface area contributed by atoms with Gasteiger partial charge in [0.25, 0.3) is 5.91 Å². The van der Waals surface area contributed by atoms with Gasteiger partial charge in [-0.3, -0.25) is 9.59 Å². The molecule has 0 spiro atoms. The van der Waals surface area contributed by atoms with Crippen LogP contribution in [-0.2, 0) is 4.79 Å². The van der Waals surface area contributed by atoms with Crippen LogP contribution >= 0.6 is 0 Å². The molecule has 1 rings (SSSR count). The molecule has 0 radical (unpaired) electrons. The smallest absolute Gasteiger partial charge is 0.259 e. The van der Waals surface area contributed by atoms with Crippen LogP contribution in [0.2, 0.25) is 0 Å². The number of hydrogen-bond acceptors (Lipinski definition) is 3. The highest BCUT2D eigenvalue weighted by Crippen LogP contribution is 2.15. The summed E-state index contributed by atoms with van der Waals surface area (Å²) in [5.74, 6) is -0.668. The van der Waals surface area contributed by atoms with Gasteiger partial charge < -0.3 is 10.4 Å². The van der Waals surface area contributed by atoms with Crippen molar-refractivity contribution in [2.75, 3.05) is 0 Å². The molecular formula is C12H13NO3. The van der Waals surface area contributed by atoms with Gasteiger partial charge in [0.15, 0.2) is 5.78 Å². The number of para-hydroxylation sites is 1. The molecule has 84 valence electrons. The van der Waals surface area contributed by atoms with E-state index in [-0.39, 0.29) is 17.1 Å². The van der Waals surface area contributed by atoms with Crippen LogP contribution in [-0.4, -0.2) is 16.8 Å². The molecule has 16 heavy (non-hydrogen) atoms. The number of carbonyl (C=O) groups is 2. The number of aromatic hydroxyl groups is 1. The maximum absolute atomic E-state index is 11.6. The van der Waals surface area contributed by atoms with Crippen molar-refractivity contribution in [1.29, 1.82) is 0 Å². The number of nitrogens with one attached hydrogen (secondary N) is 1. The fourth-order valence-electron chi connectivity index (χ4n) is 1.25. The molecule has 0 heterocycles. The maximum Gasteiger partial charge on any atom is 0.259 e. The molecule has 0 saturated carbocycles. The number of carbonyl (C=O) groups excluding carboxylic acids is 2. The molecule has 1 aromatic carbocycles. The number of phenols is 1. The van der Waals surface area contributed by atoms with E-state index in [1.165, 1.54) is 25.1 Å². The van der Waals surface area contributed by atoms with Crippen LogP contribution < -0.4 is 5.32 Å².